The molecule has 3 atom stereocenters. The quantitative estimate of drug-likeness (QED) is 0.367. The zero-order valence-electron chi connectivity index (χ0n) is 5.29. The van der Waals surface area contributed by atoms with Crippen molar-refractivity contribution in [3.8, 4) is 0 Å². The second-order valence-electron chi connectivity index (χ2n) is 2.37. The maximum Gasteiger partial charge on any atom is 0.122 e. The van der Waals surface area contributed by atoms with Crippen LogP contribution >= 0.6 is 0 Å². The van der Waals surface area contributed by atoms with E-state index in [1.54, 1.807) is 0 Å². The van der Waals surface area contributed by atoms with Gasteiger partial charge in [0.05, 0.1) is 12.6 Å². The molecule has 6 N–H and O–H groups in total. The first-order chi connectivity index (χ1) is 4.22. The van der Waals surface area contributed by atoms with Crippen LogP contribution in [0.3, 0.4) is 0 Å². The van der Waals surface area contributed by atoms with Crippen LogP contribution in [-0.4, -0.2) is 24.9 Å². The van der Waals surface area contributed by atoms with E-state index in [1.165, 1.54) is 0 Å². The molecule has 0 spiro atoms. The van der Waals surface area contributed by atoms with Crippen LogP contribution < -0.4 is 17.2 Å². The van der Waals surface area contributed by atoms with Gasteiger partial charge in [0.2, 0.25) is 0 Å². The fourth-order valence-electron chi connectivity index (χ4n) is 0.887. The summed E-state index contributed by atoms with van der Waals surface area (Å²) in [6.07, 6.45) is 0.447. The predicted molar refractivity (Wildman–Crippen MR) is 34.5 cm³/mol. The molecule has 0 amide bonds. The largest absolute Gasteiger partial charge is 0.362 e. The van der Waals surface area contributed by atoms with Gasteiger partial charge in [0.25, 0.3) is 0 Å². The Labute approximate surface area is 54.3 Å². The lowest BCUT2D eigenvalue weighted by atomic mass is 10.0. The average molecular weight is 131 g/mol. The van der Waals surface area contributed by atoms with Crippen molar-refractivity contribution in [3.05, 3.63) is 0 Å². The molecule has 1 fully saturated rings. The van der Waals surface area contributed by atoms with Gasteiger partial charge in [-0.3, -0.25) is 0 Å². The maximum atomic E-state index is 5.58. The van der Waals surface area contributed by atoms with E-state index < -0.39 is 0 Å². The van der Waals surface area contributed by atoms with E-state index >= 15 is 0 Å². The molecule has 0 saturated carbocycles. The highest BCUT2D eigenvalue weighted by atomic mass is 16.5. The minimum Gasteiger partial charge on any atom is -0.362 e. The molecule has 4 heteroatoms. The van der Waals surface area contributed by atoms with Crippen molar-refractivity contribution in [3.63, 3.8) is 0 Å². The lowest BCUT2D eigenvalue weighted by molar-refractivity contribution is -0.00289. The second kappa shape index (κ2) is 2.62. The molecule has 1 heterocycles. The van der Waals surface area contributed by atoms with Crippen molar-refractivity contribution in [1.29, 1.82) is 0 Å². The van der Waals surface area contributed by atoms with Gasteiger partial charge in [0, 0.05) is 6.04 Å². The topological polar surface area (TPSA) is 87.3 Å². The van der Waals surface area contributed by atoms with Gasteiger partial charge in [-0.2, -0.15) is 0 Å². The third kappa shape index (κ3) is 1.40. The molecular formula is C5H13N3O. The summed E-state index contributed by atoms with van der Waals surface area (Å²) >= 11 is 0. The van der Waals surface area contributed by atoms with Crippen LogP contribution in [-0.2, 0) is 4.74 Å². The Kier molecular flexibility index (Phi) is 2.02. The highest BCUT2D eigenvalue weighted by molar-refractivity contribution is 4.83. The molecule has 1 rings (SSSR count). The smallest absolute Gasteiger partial charge is 0.122 e. The molecule has 54 valence electrons. The van der Waals surface area contributed by atoms with Gasteiger partial charge < -0.3 is 21.9 Å². The second-order valence-corrected chi connectivity index (χ2v) is 2.37. The summed E-state index contributed by atoms with van der Waals surface area (Å²) in [5.74, 6) is 0. The molecular weight excluding hydrogens is 118 g/mol. The minimum absolute atomic E-state index is 0.00810. The molecule has 0 aromatic carbocycles. The molecule has 0 aromatic rings. The summed E-state index contributed by atoms with van der Waals surface area (Å²) in [5, 5.41) is 0. The normalized spacial score (nSPS) is 45.0. The van der Waals surface area contributed by atoms with Crippen molar-refractivity contribution in [2.24, 2.45) is 17.2 Å². The Bertz CT molecular complexity index is 88.2. The van der Waals surface area contributed by atoms with E-state index in [4.69, 9.17) is 21.9 Å². The van der Waals surface area contributed by atoms with Crippen LogP contribution in [0.2, 0.25) is 0 Å². The summed E-state index contributed by atoms with van der Waals surface area (Å²) in [7, 11) is 0. The van der Waals surface area contributed by atoms with Crippen LogP contribution in [0, 0.1) is 0 Å². The Morgan fingerprint density at radius 2 is 1.89 bits per heavy atom. The molecule has 4 nitrogen and oxygen atoms in total. The summed E-state index contributed by atoms with van der Waals surface area (Å²) in [5.41, 5.74) is 16.6. The Hall–Kier alpha value is -0.160. The fraction of sp³-hybridized carbons (Fsp3) is 1.00. The van der Waals surface area contributed by atoms with Crippen molar-refractivity contribution in [2.45, 2.75) is 24.7 Å². The van der Waals surface area contributed by atoms with Gasteiger partial charge >= 0.3 is 0 Å². The predicted octanol–water partition coefficient (Wildman–Crippen LogP) is -1.65. The van der Waals surface area contributed by atoms with Gasteiger partial charge in [-0.1, -0.05) is 0 Å². The molecule has 1 aliphatic rings. The SMILES string of the molecule is NC1CCOC(N)C1N. The van der Waals surface area contributed by atoms with Crippen LogP contribution in [0.15, 0.2) is 0 Å². The van der Waals surface area contributed by atoms with Crippen molar-refractivity contribution in [1.82, 2.24) is 0 Å². The highest BCUT2D eigenvalue weighted by Crippen LogP contribution is 2.06. The van der Waals surface area contributed by atoms with Crippen LogP contribution in [0.4, 0.5) is 0 Å². The van der Waals surface area contributed by atoms with Gasteiger partial charge in [-0.15, -0.1) is 0 Å². The number of hydrogen-bond acceptors (Lipinski definition) is 4. The Balaban J connectivity index is 2.41. The summed E-state index contributed by atoms with van der Waals surface area (Å²) in [6.45, 7) is 0.635. The van der Waals surface area contributed by atoms with E-state index in [2.05, 4.69) is 0 Å². The first-order valence-corrected chi connectivity index (χ1v) is 3.10. The molecule has 0 aliphatic carbocycles. The molecule has 0 radical (unpaired) electrons. The third-order valence-corrected chi connectivity index (χ3v) is 1.64. The Morgan fingerprint density at radius 3 is 2.33 bits per heavy atom. The van der Waals surface area contributed by atoms with Crippen LogP contribution in [0.25, 0.3) is 0 Å². The third-order valence-electron chi connectivity index (χ3n) is 1.64. The molecule has 0 bridgehead atoms. The lowest BCUT2D eigenvalue weighted by Gasteiger charge is -2.30. The zero-order chi connectivity index (χ0) is 6.85. The van der Waals surface area contributed by atoms with Crippen LogP contribution in [0.5, 0.6) is 0 Å². The standard InChI is InChI=1S/C5H13N3O/c6-3-1-2-9-5(8)4(3)7/h3-5H,1-2,6-8H2. The monoisotopic (exact) mass is 131 g/mol. The van der Waals surface area contributed by atoms with Crippen molar-refractivity contribution < 1.29 is 4.74 Å². The van der Waals surface area contributed by atoms with E-state index in [9.17, 15) is 0 Å². The van der Waals surface area contributed by atoms with Crippen LogP contribution in [0.1, 0.15) is 6.42 Å². The van der Waals surface area contributed by atoms with Gasteiger partial charge in [0.1, 0.15) is 6.23 Å². The maximum absolute atomic E-state index is 5.58. The zero-order valence-corrected chi connectivity index (χ0v) is 5.29. The highest BCUT2D eigenvalue weighted by Gasteiger charge is 2.25. The molecule has 1 saturated heterocycles. The molecule has 3 unspecified atom stereocenters. The minimum atomic E-state index is -0.367. The summed E-state index contributed by atoms with van der Waals surface area (Å²) < 4.78 is 5.03. The number of ether oxygens (including phenoxy) is 1. The van der Waals surface area contributed by atoms with Gasteiger partial charge in [-0.25, -0.2) is 0 Å². The van der Waals surface area contributed by atoms with Gasteiger partial charge in [-0.05, 0) is 6.42 Å². The summed E-state index contributed by atoms with van der Waals surface area (Å²) in [4.78, 5) is 0. The van der Waals surface area contributed by atoms with E-state index in [0.717, 1.165) is 6.42 Å². The number of hydrogen-bond donors (Lipinski definition) is 3. The van der Waals surface area contributed by atoms with Gasteiger partial charge in [0.15, 0.2) is 0 Å². The first-order valence-electron chi connectivity index (χ1n) is 3.10. The number of nitrogens with two attached hydrogens (primary N) is 3. The van der Waals surface area contributed by atoms with E-state index in [0.29, 0.717) is 6.61 Å². The van der Waals surface area contributed by atoms with E-state index in [-0.39, 0.29) is 18.3 Å². The average Bonchev–Trinajstić information content (AvgIpc) is 1.83. The van der Waals surface area contributed by atoms with Crippen molar-refractivity contribution >= 4 is 0 Å². The molecule has 9 heavy (non-hydrogen) atoms. The van der Waals surface area contributed by atoms with E-state index in [1.807, 2.05) is 0 Å². The fourth-order valence-corrected chi connectivity index (χ4v) is 0.887. The summed E-state index contributed by atoms with van der Waals surface area (Å²) in [6, 6.07) is -0.188. The number of rotatable bonds is 0. The molecule has 0 aromatic heterocycles. The first kappa shape index (κ1) is 6.95. The Morgan fingerprint density at radius 1 is 1.22 bits per heavy atom. The lowest BCUT2D eigenvalue weighted by Crippen LogP contribution is -2.57. The molecule has 1 aliphatic heterocycles. The van der Waals surface area contributed by atoms with Crippen molar-refractivity contribution in [2.75, 3.05) is 6.61 Å².